The van der Waals surface area contributed by atoms with E-state index in [2.05, 4.69) is 0 Å². The molecule has 0 spiro atoms. The lowest BCUT2D eigenvalue weighted by molar-refractivity contribution is 0.102. The highest BCUT2D eigenvalue weighted by Crippen LogP contribution is 2.32. The zero-order valence-electron chi connectivity index (χ0n) is 10.9. The van der Waals surface area contributed by atoms with Crippen molar-refractivity contribution in [3.05, 3.63) is 59.2 Å². The molecule has 0 bridgehead atoms. The van der Waals surface area contributed by atoms with E-state index < -0.39 is 23.0 Å². The Morgan fingerprint density at radius 2 is 1.55 bits per heavy atom. The molecule has 0 aromatic heterocycles. The van der Waals surface area contributed by atoms with Crippen LogP contribution < -0.4 is 9.47 Å². The van der Waals surface area contributed by atoms with Crippen molar-refractivity contribution >= 4 is 5.78 Å². The van der Waals surface area contributed by atoms with Crippen LogP contribution in [0.1, 0.15) is 15.9 Å². The summed E-state index contributed by atoms with van der Waals surface area (Å²) in [5, 5.41) is 0. The number of benzene rings is 2. The van der Waals surface area contributed by atoms with Gasteiger partial charge in [0.05, 0.1) is 25.3 Å². The Labute approximate surface area is 114 Å². The van der Waals surface area contributed by atoms with Gasteiger partial charge in [-0.25, -0.2) is 8.78 Å². The molecule has 2 rings (SSSR count). The monoisotopic (exact) mass is 278 g/mol. The van der Waals surface area contributed by atoms with E-state index in [4.69, 9.17) is 9.47 Å². The number of hydrogen-bond acceptors (Lipinski definition) is 3. The van der Waals surface area contributed by atoms with Crippen molar-refractivity contribution in [1.82, 2.24) is 0 Å². The average molecular weight is 278 g/mol. The van der Waals surface area contributed by atoms with Crippen LogP contribution in [0.15, 0.2) is 36.4 Å². The van der Waals surface area contributed by atoms with Crippen LogP contribution in [0.5, 0.6) is 11.5 Å². The van der Waals surface area contributed by atoms with E-state index in [9.17, 15) is 13.6 Å². The van der Waals surface area contributed by atoms with Gasteiger partial charge in [0, 0.05) is 0 Å². The van der Waals surface area contributed by atoms with Crippen molar-refractivity contribution in [2.75, 3.05) is 14.2 Å². The van der Waals surface area contributed by atoms with E-state index in [0.717, 1.165) is 12.1 Å². The molecule has 0 unspecified atom stereocenters. The predicted octanol–water partition coefficient (Wildman–Crippen LogP) is 3.21. The molecule has 5 heteroatoms. The number of para-hydroxylation sites is 1. The molecule has 0 atom stereocenters. The summed E-state index contributed by atoms with van der Waals surface area (Å²) in [5.74, 6) is -2.17. The largest absolute Gasteiger partial charge is 0.493 e. The van der Waals surface area contributed by atoms with Gasteiger partial charge < -0.3 is 9.47 Å². The summed E-state index contributed by atoms with van der Waals surface area (Å²) >= 11 is 0. The van der Waals surface area contributed by atoms with Crippen molar-refractivity contribution in [2.45, 2.75) is 0 Å². The van der Waals surface area contributed by atoms with Crippen LogP contribution in [0.3, 0.4) is 0 Å². The minimum absolute atomic E-state index is 0.0378. The minimum Gasteiger partial charge on any atom is -0.493 e. The van der Waals surface area contributed by atoms with E-state index in [1.54, 1.807) is 12.1 Å². The minimum atomic E-state index is -0.917. The van der Waals surface area contributed by atoms with Crippen molar-refractivity contribution in [3.8, 4) is 11.5 Å². The summed E-state index contributed by atoms with van der Waals surface area (Å²) in [6.45, 7) is 0. The van der Waals surface area contributed by atoms with Crippen LogP contribution >= 0.6 is 0 Å². The standard InChI is InChI=1S/C15H12F2O3/c1-19-12-8-3-5-9(15(12)20-2)14(18)13-10(16)6-4-7-11(13)17/h3-8H,1-2H3. The Morgan fingerprint density at radius 3 is 2.10 bits per heavy atom. The molecule has 0 aliphatic rings. The maximum Gasteiger partial charge on any atom is 0.202 e. The zero-order valence-corrected chi connectivity index (χ0v) is 10.9. The number of carbonyl (C=O) groups is 1. The quantitative estimate of drug-likeness (QED) is 0.806. The lowest BCUT2D eigenvalue weighted by atomic mass is 10.0. The Kier molecular flexibility index (Phi) is 3.98. The van der Waals surface area contributed by atoms with E-state index in [0.29, 0.717) is 5.75 Å². The van der Waals surface area contributed by atoms with Crippen molar-refractivity contribution in [2.24, 2.45) is 0 Å². The van der Waals surface area contributed by atoms with Gasteiger partial charge in [-0.3, -0.25) is 4.79 Å². The third-order valence-corrected chi connectivity index (χ3v) is 2.84. The van der Waals surface area contributed by atoms with Crippen molar-refractivity contribution in [3.63, 3.8) is 0 Å². The fourth-order valence-electron chi connectivity index (χ4n) is 1.92. The van der Waals surface area contributed by atoms with Crippen LogP contribution in [0.25, 0.3) is 0 Å². The molecule has 0 fully saturated rings. The number of halogens is 2. The summed E-state index contributed by atoms with van der Waals surface area (Å²) in [7, 11) is 2.77. The zero-order chi connectivity index (χ0) is 14.7. The van der Waals surface area contributed by atoms with E-state index in [1.807, 2.05) is 0 Å². The number of carbonyl (C=O) groups excluding carboxylic acids is 1. The van der Waals surface area contributed by atoms with Gasteiger partial charge >= 0.3 is 0 Å². The second-order valence-corrected chi connectivity index (χ2v) is 3.97. The number of rotatable bonds is 4. The molecule has 104 valence electrons. The Hall–Kier alpha value is -2.43. The molecule has 0 aliphatic heterocycles. The first-order valence-electron chi connectivity index (χ1n) is 5.79. The molecule has 0 saturated carbocycles. The highest BCUT2D eigenvalue weighted by molar-refractivity contribution is 6.11. The van der Waals surface area contributed by atoms with E-state index in [-0.39, 0.29) is 11.3 Å². The number of methoxy groups -OCH3 is 2. The van der Waals surface area contributed by atoms with Gasteiger partial charge in [-0.15, -0.1) is 0 Å². The maximum absolute atomic E-state index is 13.7. The average Bonchev–Trinajstić information content (AvgIpc) is 2.45. The molecular weight excluding hydrogens is 266 g/mol. The van der Waals surface area contributed by atoms with Gasteiger partial charge in [0.25, 0.3) is 0 Å². The normalized spacial score (nSPS) is 10.2. The lowest BCUT2D eigenvalue weighted by Gasteiger charge is -2.12. The number of hydrogen-bond donors (Lipinski definition) is 0. The van der Waals surface area contributed by atoms with Gasteiger partial charge in [-0.1, -0.05) is 12.1 Å². The first kappa shape index (κ1) is 14.0. The molecule has 0 heterocycles. The fourth-order valence-corrected chi connectivity index (χ4v) is 1.92. The molecular formula is C15H12F2O3. The smallest absolute Gasteiger partial charge is 0.202 e. The van der Waals surface area contributed by atoms with Crippen molar-refractivity contribution < 1.29 is 23.0 Å². The van der Waals surface area contributed by atoms with Gasteiger partial charge in [0.2, 0.25) is 5.78 Å². The van der Waals surface area contributed by atoms with E-state index in [1.165, 1.54) is 26.4 Å². The van der Waals surface area contributed by atoms with Crippen molar-refractivity contribution in [1.29, 1.82) is 0 Å². The lowest BCUT2D eigenvalue weighted by Crippen LogP contribution is -2.09. The predicted molar refractivity (Wildman–Crippen MR) is 69.3 cm³/mol. The second kappa shape index (κ2) is 5.69. The number of ether oxygens (including phenoxy) is 2. The topological polar surface area (TPSA) is 35.5 Å². The summed E-state index contributed by atoms with van der Waals surface area (Å²) in [6.07, 6.45) is 0. The van der Waals surface area contributed by atoms with Crippen LogP contribution in [-0.2, 0) is 0 Å². The molecule has 0 aliphatic carbocycles. The van der Waals surface area contributed by atoms with Crippen LogP contribution in [0.4, 0.5) is 8.78 Å². The molecule has 0 N–H and O–H groups in total. The summed E-state index contributed by atoms with van der Waals surface area (Å²) in [5.41, 5.74) is -0.574. The Morgan fingerprint density at radius 1 is 0.950 bits per heavy atom. The third-order valence-electron chi connectivity index (χ3n) is 2.84. The molecule has 20 heavy (non-hydrogen) atoms. The van der Waals surface area contributed by atoms with Gasteiger partial charge in [-0.2, -0.15) is 0 Å². The summed E-state index contributed by atoms with van der Waals surface area (Å²) in [4.78, 5) is 12.3. The highest BCUT2D eigenvalue weighted by atomic mass is 19.1. The summed E-state index contributed by atoms with van der Waals surface area (Å²) < 4.78 is 37.5. The molecule has 0 radical (unpaired) electrons. The first-order valence-corrected chi connectivity index (χ1v) is 5.79. The van der Waals surface area contributed by atoms with Crippen LogP contribution in [0, 0.1) is 11.6 Å². The first-order chi connectivity index (χ1) is 9.60. The van der Waals surface area contributed by atoms with Gasteiger partial charge in [0.1, 0.15) is 11.6 Å². The Balaban J connectivity index is 2.60. The maximum atomic E-state index is 13.7. The van der Waals surface area contributed by atoms with Crippen LogP contribution in [-0.4, -0.2) is 20.0 Å². The molecule has 0 amide bonds. The van der Waals surface area contributed by atoms with E-state index >= 15 is 0 Å². The molecule has 0 saturated heterocycles. The highest BCUT2D eigenvalue weighted by Gasteiger charge is 2.23. The fraction of sp³-hybridized carbons (Fsp3) is 0.133. The van der Waals surface area contributed by atoms with Gasteiger partial charge in [0.15, 0.2) is 11.5 Å². The second-order valence-electron chi connectivity index (χ2n) is 3.97. The SMILES string of the molecule is COc1cccc(C(=O)c2c(F)cccc2F)c1OC. The Bertz CT molecular complexity index is 633. The molecule has 3 nitrogen and oxygen atoms in total. The molecule has 2 aromatic rings. The summed E-state index contributed by atoms with van der Waals surface area (Å²) in [6, 6.07) is 7.83. The third kappa shape index (κ3) is 2.34. The van der Waals surface area contributed by atoms with Gasteiger partial charge in [-0.05, 0) is 24.3 Å². The van der Waals surface area contributed by atoms with Crippen LogP contribution in [0.2, 0.25) is 0 Å². The molecule has 2 aromatic carbocycles. The number of ketones is 1.